The quantitative estimate of drug-likeness (QED) is 0.120. The predicted molar refractivity (Wildman–Crippen MR) is 166 cm³/mol. The fraction of sp³-hybridized carbons (Fsp3) is 0.273. The first-order valence-corrected chi connectivity index (χ1v) is 14.4. The molecule has 1 fully saturated rings. The number of rotatable bonds is 11. The van der Waals surface area contributed by atoms with Gasteiger partial charge in [0.1, 0.15) is 5.75 Å². The molecule has 9 nitrogen and oxygen atoms in total. The van der Waals surface area contributed by atoms with Gasteiger partial charge in [0.25, 0.3) is 0 Å². The maximum atomic E-state index is 12.4. The zero-order valence-electron chi connectivity index (χ0n) is 23.6. The van der Waals surface area contributed by atoms with E-state index in [4.69, 9.17) is 10.5 Å². The van der Waals surface area contributed by atoms with E-state index in [2.05, 4.69) is 49.4 Å². The number of ether oxygens (including phenoxy) is 1. The number of nitrogen functional groups attached to an aromatic ring is 1. The highest BCUT2D eigenvalue weighted by molar-refractivity contribution is 6.04. The highest BCUT2D eigenvalue weighted by Crippen LogP contribution is 2.27. The number of allylic oxidation sites excluding steroid dienone is 6. The number of nitrogens with zero attached hydrogens (tertiary/aromatic N) is 6. The van der Waals surface area contributed by atoms with E-state index in [0.717, 1.165) is 85.7 Å². The number of nitrogens with two attached hydrogens (primary N) is 1. The normalized spacial score (nSPS) is 15.5. The van der Waals surface area contributed by atoms with E-state index in [1.807, 2.05) is 53.5 Å². The number of piperazine rings is 1. The van der Waals surface area contributed by atoms with Gasteiger partial charge in [-0.05, 0) is 66.6 Å². The Balaban J connectivity index is 0.920. The van der Waals surface area contributed by atoms with Crippen molar-refractivity contribution in [3.63, 3.8) is 0 Å². The molecule has 0 saturated carbocycles. The first-order chi connectivity index (χ1) is 20.6. The summed E-state index contributed by atoms with van der Waals surface area (Å²) in [5.74, 6) is 0.735. The van der Waals surface area contributed by atoms with Crippen LogP contribution in [0.3, 0.4) is 0 Å². The molecule has 214 valence electrons. The van der Waals surface area contributed by atoms with Crippen LogP contribution in [0.2, 0.25) is 0 Å². The number of carbonyl (C=O) groups excluding carboxylic acids is 1. The third-order valence-electron chi connectivity index (χ3n) is 7.59. The van der Waals surface area contributed by atoms with Crippen molar-refractivity contribution in [2.45, 2.75) is 25.9 Å². The monoisotopic (exact) mass is 561 g/mol. The SMILES string of the molecule is Nc1ccc2c(N3CCN(Cc4cn(CCCOc5ccc(C(=O)/C=C/C6=CCC=C6)cc5)nn4)CC3)ccnc2c1. The van der Waals surface area contributed by atoms with Gasteiger partial charge in [0, 0.05) is 80.4 Å². The van der Waals surface area contributed by atoms with Crippen LogP contribution in [0.4, 0.5) is 11.4 Å². The predicted octanol–water partition coefficient (Wildman–Crippen LogP) is 4.83. The minimum Gasteiger partial charge on any atom is -0.494 e. The van der Waals surface area contributed by atoms with Gasteiger partial charge in [0.2, 0.25) is 0 Å². The summed E-state index contributed by atoms with van der Waals surface area (Å²) >= 11 is 0. The van der Waals surface area contributed by atoms with Crippen molar-refractivity contribution in [2.24, 2.45) is 0 Å². The summed E-state index contributed by atoms with van der Waals surface area (Å²) < 4.78 is 7.76. The molecule has 0 atom stereocenters. The van der Waals surface area contributed by atoms with Crippen LogP contribution in [-0.2, 0) is 13.1 Å². The lowest BCUT2D eigenvalue weighted by Crippen LogP contribution is -2.46. The molecule has 42 heavy (non-hydrogen) atoms. The van der Waals surface area contributed by atoms with E-state index in [1.165, 1.54) is 5.69 Å². The zero-order chi connectivity index (χ0) is 28.7. The summed E-state index contributed by atoms with van der Waals surface area (Å²) in [6.45, 7) is 5.86. The number of pyridine rings is 1. The molecule has 2 aliphatic rings. The first-order valence-electron chi connectivity index (χ1n) is 14.4. The van der Waals surface area contributed by atoms with Crippen molar-refractivity contribution in [3.8, 4) is 5.75 Å². The maximum Gasteiger partial charge on any atom is 0.185 e. The fourth-order valence-electron chi connectivity index (χ4n) is 5.32. The van der Waals surface area contributed by atoms with E-state index < -0.39 is 0 Å². The molecule has 2 aromatic heterocycles. The number of hydrogen-bond acceptors (Lipinski definition) is 8. The average molecular weight is 562 g/mol. The molecular weight excluding hydrogens is 526 g/mol. The van der Waals surface area contributed by atoms with Crippen LogP contribution in [-0.4, -0.2) is 63.4 Å². The van der Waals surface area contributed by atoms with E-state index in [0.29, 0.717) is 12.2 Å². The van der Waals surface area contributed by atoms with Crippen LogP contribution in [0.5, 0.6) is 5.75 Å². The molecule has 3 heterocycles. The average Bonchev–Trinajstić information content (AvgIpc) is 3.71. The summed E-state index contributed by atoms with van der Waals surface area (Å²) in [6, 6.07) is 15.3. The van der Waals surface area contributed by atoms with Crippen LogP contribution in [0, 0.1) is 0 Å². The van der Waals surface area contributed by atoms with E-state index >= 15 is 0 Å². The molecule has 0 spiro atoms. The van der Waals surface area contributed by atoms with E-state index in [9.17, 15) is 4.79 Å². The maximum absolute atomic E-state index is 12.4. The van der Waals surface area contributed by atoms with Crippen LogP contribution in [0.25, 0.3) is 10.9 Å². The molecular formula is C33H35N7O2. The molecule has 1 saturated heterocycles. The van der Waals surface area contributed by atoms with Gasteiger partial charge < -0.3 is 15.4 Å². The van der Waals surface area contributed by atoms with E-state index in [1.54, 1.807) is 18.2 Å². The molecule has 2 aromatic carbocycles. The van der Waals surface area contributed by atoms with Crippen molar-refractivity contribution in [2.75, 3.05) is 43.4 Å². The molecule has 4 aromatic rings. The Morgan fingerprint density at radius 2 is 1.90 bits per heavy atom. The highest BCUT2D eigenvalue weighted by atomic mass is 16.5. The van der Waals surface area contributed by atoms with Crippen molar-refractivity contribution < 1.29 is 9.53 Å². The van der Waals surface area contributed by atoms with Gasteiger partial charge >= 0.3 is 0 Å². The highest BCUT2D eigenvalue weighted by Gasteiger charge is 2.20. The number of anilines is 2. The standard InChI is InChI=1S/C33H35N7O2/c34-27-9-12-30-31(22-27)35-15-14-32(30)39-19-17-38(18-20-39)23-28-24-40(37-36-28)16-3-21-42-29-10-7-26(8-11-29)33(41)13-6-25-4-1-2-5-25/h1,4-15,22,24H,2-3,16-21,23,34H2/b13-6+. The van der Waals surface area contributed by atoms with Gasteiger partial charge in [-0.15, -0.1) is 5.10 Å². The molecule has 2 N–H and O–H groups in total. The topological polar surface area (TPSA) is 102 Å². The summed E-state index contributed by atoms with van der Waals surface area (Å²) in [4.78, 5) is 21.7. The van der Waals surface area contributed by atoms with Crippen LogP contribution in [0.1, 0.15) is 28.9 Å². The van der Waals surface area contributed by atoms with Crippen LogP contribution >= 0.6 is 0 Å². The second-order valence-corrected chi connectivity index (χ2v) is 10.6. The molecule has 1 aliphatic carbocycles. The smallest absolute Gasteiger partial charge is 0.185 e. The Labute approximate surface area is 245 Å². The number of aryl methyl sites for hydroxylation is 1. The molecule has 0 amide bonds. The van der Waals surface area contributed by atoms with E-state index in [-0.39, 0.29) is 5.78 Å². The summed E-state index contributed by atoms with van der Waals surface area (Å²) in [7, 11) is 0. The minimum absolute atomic E-state index is 0.0139. The van der Waals surface area contributed by atoms with Gasteiger partial charge in [-0.2, -0.15) is 0 Å². The number of benzene rings is 2. The number of ketones is 1. The molecule has 6 rings (SSSR count). The summed E-state index contributed by atoms with van der Waals surface area (Å²) in [5, 5.41) is 9.84. The van der Waals surface area contributed by atoms with Crippen LogP contribution in [0.15, 0.2) is 96.9 Å². The molecule has 9 heteroatoms. The molecule has 0 radical (unpaired) electrons. The number of aromatic nitrogens is 4. The van der Waals surface area contributed by atoms with Crippen molar-refractivity contribution in [1.29, 1.82) is 0 Å². The summed E-state index contributed by atoms with van der Waals surface area (Å²) in [5.41, 5.74) is 11.5. The van der Waals surface area contributed by atoms with Gasteiger partial charge in [0.05, 0.1) is 17.8 Å². The lowest BCUT2D eigenvalue weighted by Gasteiger charge is -2.36. The Bertz CT molecular complexity index is 1630. The summed E-state index contributed by atoms with van der Waals surface area (Å²) in [6.07, 6.45) is 15.3. The van der Waals surface area contributed by atoms with Gasteiger partial charge in [-0.1, -0.05) is 29.5 Å². The van der Waals surface area contributed by atoms with Gasteiger partial charge in [-0.25, -0.2) is 0 Å². The Morgan fingerprint density at radius 1 is 1.05 bits per heavy atom. The second-order valence-electron chi connectivity index (χ2n) is 10.6. The second kappa shape index (κ2) is 12.8. The van der Waals surface area contributed by atoms with Crippen molar-refractivity contribution in [1.82, 2.24) is 24.9 Å². The fourth-order valence-corrected chi connectivity index (χ4v) is 5.32. The lowest BCUT2D eigenvalue weighted by atomic mass is 10.1. The largest absolute Gasteiger partial charge is 0.494 e. The number of hydrogen-bond donors (Lipinski definition) is 1. The van der Waals surface area contributed by atoms with Crippen molar-refractivity contribution in [3.05, 3.63) is 108 Å². The number of carbonyl (C=O) groups is 1. The molecule has 1 aliphatic heterocycles. The first kappa shape index (κ1) is 27.4. The third-order valence-corrected chi connectivity index (χ3v) is 7.59. The van der Waals surface area contributed by atoms with Gasteiger partial charge in [-0.3, -0.25) is 19.4 Å². The van der Waals surface area contributed by atoms with Crippen molar-refractivity contribution >= 4 is 28.1 Å². The molecule has 0 unspecified atom stereocenters. The molecule has 0 bridgehead atoms. The Kier molecular flexibility index (Phi) is 8.37. The minimum atomic E-state index is -0.0139. The lowest BCUT2D eigenvalue weighted by molar-refractivity contribution is 0.104. The van der Waals surface area contributed by atoms with Gasteiger partial charge in [0.15, 0.2) is 5.78 Å². The Morgan fingerprint density at radius 3 is 2.71 bits per heavy atom. The van der Waals surface area contributed by atoms with Crippen LogP contribution < -0.4 is 15.4 Å². The Hall–Kier alpha value is -4.76. The number of fused-ring (bicyclic) bond motifs is 1. The zero-order valence-corrected chi connectivity index (χ0v) is 23.6. The third kappa shape index (κ3) is 6.75.